The molecule has 1 N–H and O–H groups in total. The van der Waals surface area contributed by atoms with E-state index < -0.39 is 0 Å². The third-order valence-electron chi connectivity index (χ3n) is 8.24. The Morgan fingerprint density at radius 3 is 1.62 bits per heavy atom. The molecule has 214 valence electrons. The Kier molecular flexibility index (Phi) is 7.07. The summed E-state index contributed by atoms with van der Waals surface area (Å²) in [5, 5.41) is 6.04. The first kappa shape index (κ1) is 26.9. The van der Waals surface area contributed by atoms with Crippen LogP contribution in [0, 0.1) is 0 Å². The van der Waals surface area contributed by atoms with E-state index in [2.05, 4.69) is 168 Å². The summed E-state index contributed by atoms with van der Waals surface area (Å²) in [5.41, 5.74) is 10.5. The Morgan fingerprint density at radius 1 is 0.356 bits per heavy atom. The molecule has 0 saturated carbocycles. The average Bonchev–Trinajstić information content (AvgIpc) is 3.48. The molecule has 0 aliphatic rings. The summed E-state index contributed by atoms with van der Waals surface area (Å²) in [5.74, 6) is 0. The fraction of sp³-hybridized carbons (Fsp3) is 0. The van der Waals surface area contributed by atoms with Gasteiger partial charge < -0.3 is 10.2 Å². The molecule has 8 aromatic rings. The van der Waals surface area contributed by atoms with Gasteiger partial charge >= 0.3 is 0 Å². The van der Waals surface area contributed by atoms with Crippen LogP contribution in [0.25, 0.3) is 42.4 Å². The summed E-state index contributed by atoms with van der Waals surface area (Å²) in [6.07, 6.45) is 0. The van der Waals surface area contributed by atoms with Crippen molar-refractivity contribution in [3.05, 3.63) is 176 Å². The molecule has 1 heterocycles. The Balaban J connectivity index is 1.13. The molecule has 0 aliphatic heterocycles. The van der Waals surface area contributed by atoms with Gasteiger partial charge in [0, 0.05) is 48.6 Å². The standard InChI is InChI=1S/C42H30N2S/c1-4-10-30(11-5-1)31-18-23-37(24-19-31)44(36-14-8-3-9-15-36)38-25-27-41-40(29-38)39-26-20-33(28-42(39)45-41)32-16-21-35(22-17-32)43-34-12-6-2-7-13-34/h1-29,43H. The van der Waals surface area contributed by atoms with Gasteiger partial charge in [0.2, 0.25) is 0 Å². The smallest absolute Gasteiger partial charge is 0.0468 e. The highest BCUT2D eigenvalue weighted by Gasteiger charge is 2.15. The van der Waals surface area contributed by atoms with Crippen LogP contribution in [0.15, 0.2) is 176 Å². The molecule has 0 aliphatic carbocycles. The van der Waals surface area contributed by atoms with Crippen molar-refractivity contribution in [3.8, 4) is 22.3 Å². The summed E-state index contributed by atoms with van der Waals surface area (Å²) >= 11 is 1.86. The highest BCUT2D eigenvalue weighted by atomic mass is 32.1. The second-order valence-corrected chi connectivity index (χ2v) is 12.2. The largest absolute Gasteiger partial charge is 0.356 e. The maximum atomic E-state index is 3.48. The Bertz CT molecular complexity index is 2200. The maximum Gasteiger partial charge on any atom is 0.0468 e. The van der Waals surface area contributed by atoms with E-state index in [4.69, 9.17) is 0 Å². The van der Waals surface area contributed by atoms with Crippen molar-refractivity contribution in [2.75, 3.05) is 10.2 Å². The zero-order chi connectivity index (χ0) is 30.0. The topological polar surface area (TPSA) is 15.3 Å². The number of thiophene rings is 1. The van der Waals surface area contributed by atoms with Gasteiger partial charge in [-0.3, -0.25) is 0 Å². The first-order valence-corrected chi connectivity index (χ1v) is 16.0. The lowest BCUT2D eigenvalue weighted by atomic mass is 10.0. The summed E-state index contributed by atoms with van der Waals surface area (Å²) in [7, 11) is 0. The predicted octanol–water partition coefficient (Wildman–Crippen LogP) is 12.6. The quantitative estimate of drug-likeness (QED) is 0.197. The lowest BCUT2D eigenvalue weighted by Crippen LogP contribution is -2.09. The van der Waals surface area contributed by atoms with Crippen LogP contribution >= 0.6 is 11.3 Å². The van der Waals surface area contributed by atoms with Gasteiger partial charge in [0.15, 0.2) is 0 Å². The molecular formula is C42H30N2S. The molecule has 0 bridgehead atoms. The number of para-hydroxylation sites is 2. The zero-order valence-electron chi connectivity index (χ0n) is 24.6. The zero-order valence-corrected chi connectivity index (χ0v) is 25.4. The van der Waals surface area contributed by atoms with Gasteiger partial charge in [0.1, 0.15) is 0 Å². The minimum atomic E-state index is 1.08. The lowest BCUT2D eigenvalue weighted by molar-refractivity contribution is 1.29. The predicted molar refractivity (Wildman–Crippen MR) is 195 cm³/mol. The molecular weight excluding hydrogens is 565 g/mol. The van der Waals surface area contributed by atoms with Crippen LogP contribution in [0.3, 0.4) is 0 Å². The summed E-state index contributed by atoms with van der Waals surface area (Å²) in [6.45, 7) is 0. The molecule has 45 heavy (non-hydrogen) atoms. The van der Waals surface area contributed by atoms with Crippen LogP contribution in [-0.2, 0) is 0 Å². The minimum absolute atomic E-state index is 1.08. The molecule has 0 fully saturated rings. The summed E-state index contributed by atoms with van der Waals surface area (Å²) in [4.78, 5) is 2.34. The second-order valence-electron chi connectivity index (χ2n) is 11.1. The third-order valence-corrected chi connectivity index (χ3v) is 9.37. The van der Waals surface area contributed by atoms with Crippen molar-refractivity contribution >= 4 is 59.9 Å². The molecule has 0 unspecified atom stereocenters. The van der Waals surface area contributed by atoms with Gasteiger partial charge in [-0.2, -0.15) is 0 Å². The minimum Gasteiger partial charge on any atom is -0.356 e. The molecule has 7 aromatic carbocycles. The van der Waals surface area contributed by atoms with Crippen molar-refractivity contribution in [2.45, 2.75) is 0 Å². The third kappa shape index (κ3) is 5.46. The van der Waals surface area contributed by atoms with Crippen molar-refractivity contribution in [1.29, 1.82) is 0 Å². The fourth-order valence-corrected chi connectivity index (χ4v) is 7.10. The fourth-order valence-electron chi connectivity index (χ4n) is 5.98. The first-order valence-electron chi connectivity index (χ1n) is 15.2. The monoisotopic (exact) mass is 594 g/mol. The van der Waals surface area contributed by atoms with E-state index in [1.807, 2.05) is 29.5 Å². The van der Waals surface area contributed by atoms with Crippen molar-refractivity contribution in [2.24, 2.45) is 0 Å². The van der Waals surface area contributed by atoms with Crippen LogP contribution in [0.2, 0.25) is 0 Å². The molecule has 0 saturated heterocycles. The number of hydrogen-bond acceptors (Lipinski definition) is 3. The van der Waals surface area contributed by atoms with Gasteiger partial charge in [0.05, 0.1) is 0 Å². The number of benzene rings is 7. The number of hydrogen-bond donors (Lipinski definition) is 1. The highest BCUT2D eigenvalue weighted by Crippen LogP contribution is 2.42. The molecule has 0 amide bonds. The van der Waals surface area contributed by atoms with Crippen LogP contribution in [0.5, 0.6) is 0 Å². The normalized spacial score (nSPS) is 11.1. The number of fused-ring (bicyclic) bond motifs is 3. The van der Waals surface area contributed by atoms with E-state index in [-0.39, 0.29) is 0 Å². The van der Waals surface area contributed by atoms with Gasteiger partial charge in [-0.1, -0.05) is 103 Å². The first-order chi connectivity index (χ1) is 22.3. The van der Waals surface area contributed by atoms with Crippen LogP contribution in [0.4, 0.5) is 28.4 Å². The Labute approximate surface area is 267 Å². The molecule has 0 spiro atoms. The number of anilines is 5. The van der Waals surface area contributed by atoms with E-state index in [0.717, 1.165) is 28.4 Å². The maximum absolute atomic E-state index is 3.48. The Hall–Kier alpha value is -5.64. The van der Waals surface area contributed by atoms with E-state index >= 15 is 0 Å². The number of rotatable bonds is 7. The van der Waals surface area contributed by atoms with E-state index in [0.29, 0.717) is 0 Å². The van der Waals surface area contributed by atoms with Gasteiger partial charge in [0.25, 0.3) is 0 Å². The number of nitrogens with one attached hydrogen (secondary N) is 1. The average molecular weight is 595 g/mol. The second kappa shape index (κ2) is 11.8. The summed E-state index contributed by atoms with van der Waals surface area (Å²) < 4.78 is 2.59. The van der Waals surface area contributed by atoms with Gasteiger partial charge in [-0.25, -0.2) is 0 Å². The summed E-state index contributed by atoms with van der Waals surface area (Å²) in [6, 6.07) is 62.7. The molecule has 8 rings (SSSR count). The lowest BCUT2D eigenvalue weighted by Gasteiger charge is -2.25. The van der Waals surface area contributed by atoms with Crippen LogP contribution < -0.4 is 10.2 Å². The highest BCUT2D eigenvalue weighted by molar-refractivity contribution is 7.25. The van der Waals surface area contributed by atoms with E-state index in [1.54, 1.807) is 0 Å². The molecule has 0 atom stereocenters. The SMILES string of the molecule is c1ccc(Nc2ccc(-c3ccc4c(c3)sc3ccc(N(c5ccccc5)c5ccc(-c6ccccc6)cc5)cc34)cc2)cc1. The molecule has 3 heteroatoms. The van der Waals surface area contributed by atoms with E-state index in [1.165, 1.54) is 42.4 Å². The molecule has 2 nitrogen and oxygen atoms in total. The van der Waals surface area contributed by atoms with Crippen molar-refractivity contribution in [1.82, 2.24) is 0 Å². The van der Waals surface area contributed by atoms with Gasteiger partial charge in [-0.15, -0.1) is 11.3 Å². The van der Waals surface area contributed by atoms with Crippen molar-refractivity contribution < 1.29 is 0 Å². The van der Waals surface area contributed by atoms with Crippen LogP contribution in [0.1, 0.15) is 0 Å². The van der Waals surface area contributed by atoms with E-state index in [9.17, 15) is 0 Å². The van der Waals surface area contributed by atoms with Crippen LogP contribution in [-0.4, -0.2) is 0 Å². The Morgan fingerprint density at radius 2 is 0.889 bits per heavy atom. The number of nitrogens with zero attached hydrogens (tertiary/aromatic N) is 1. The molecule has 1 aromatic heterocycles. The van der Waals surface area contributed by atoms with Gasteiger partial charge in [-0.05, 0) is 95.1 Å². The van der Waals surface area contributed by atoms with Crippen molar-refractivity contribution in [3.63, 3.8) is 0 Å². The molecule has 0 radical (unpaired) electrons.